The number of carbonyl (C=O) groups excluding carboxylic acids is 1. The van der Waals surface area contributed by atoms with Crippen molar-refractivity contribution in [3.8, 4) is 0 Å². The lowest BCUT2D eigenvalue weighted by atomic mass is 10.3. The maximum absolute atomic E-state index is 11.8. The van der Waals surface area contributed by atoms with Crippen LogP contribution in [0.5, 0.6) is 0 Å². The molecule has 0 heterocycles. The van der Waals surface area contributed by atoms with Crippen molar-refractivity contribution >= 4 is 23.4 Å². The third-order valence-corrected chi connectivity index (χ3v) is 2.85. The van der Waals surface area contributed by atoms with Crippen molar-refractivity contribution in [1.29, 1.82) is 0 Å². The number of thioether (sulfide) groups is 1. The number of hydrogen-bond donors (Lipinski definition) is 2. The SMILES string of the molecule is Nc1ccccc1SCC(=O)NCC(F)(F)F. The summed E-state index contributed by atoms with van der Waals surface area (Å²) < 4.78 is 35.4. The Morgan fingerprint density at radius 3 is 2.59 bits per heavy atom. The largest absolute Gasteiger partial charge is 0.405 e. The molecule has 0 atom stereocenters. The molecule has 0 aliphatic carbocycles. The van der Waals surface area contributed by atoms with Gasteiger partial charge in [-0.25, -0.2) is 0 Å². The number of alkyl halides is 3. The van der Waals surface area contributed by atoms with Crippen LogP contribution in [0, 0.1) is 0 Å². The van der Waals surface area contributed by atoms with Crippen molar-refractivity contribution in [2.45, 2.75) is 11.1 Å². The normalized spacial score (nSPS) is 11.2. The molecule has 3 nitrogen and oxygen atoms in total. The second kappa shape index (κ2) is 5.81. The van der Waals surface area contributed by atoms with Gasteiger partial charge in [0.15, 0.2) is 0 Å². The molecular weight excluding hydrogens is 253 g/mol. The first kappa shape index (κ1) is 13.7. The van der Waals surface area contributed by atoms with Crippen molar-refractivity contribution in [3.05, 3.63) is 24.3 Å². The number of halogens is 3. The molecule has 0 bridgehead atoms. The monoisotopic (exact) mass is 264 g/mol. The van der Waals surface area contributed by atoms with Gasteiger partial charge in [0.25, 0.3) is 0 Å². The van der Waals surface area contributed by atoms with Gasteiger partial charge in [0.05, 0.1) is 5.75 Å². The summed E-state index contributed by atoms with van der Waals surface area (Å²) in [6.07, 6.45) is -4.38. The summed E-state index contributed by atoms with van der Waals surface area (Å²) in [5.41, 5.74) is 6.12. The number of para-hydroxylation sites is 1. The van der Waals surface area contributed by atoms with E-state index in [1.54, 1.807) is 29.6 Å². The van der Waals surface area contributed by atoms with Gasteiger partial charge in [-0.3, -0.25) is 4.79 Å². The average Bonchev–Trinajstić information content (AvgIpc) is 2.24. The lowest BCUT2D eigenvalue weighted by molar-refractivity contribution is -0.136. The van der Waals surface area contributed by atoms with Crippen LogP contribution in [-0.4, -0.2) is 24.4 Å². The van der Waals surface area contributed by atoms with E-state index in [0.29, 0.717) is 10.6 Å². The minimum atomic E-state index is -4.38. The van der Waals surface area contributed by atoms with Crippen LogP contribution in [0.2, 0.25) is 0 Å². The Hall–Kier alpha value is -1.37. The Bertz CT molecular complexity index is 395. The summed E-state index contributed by atoms with van der Waals surface area (Å²) in [5, 5.41) is 1.79. The number of nitrogen functional groups attached to an aromatic ring is 1. The molecule has 0 spiro atoms. The number of amides is 1. The van der Waals surface area contributed by atoms with E-state index in [4.69, 9.17) is 5.73 Å². The highest BCUT2D eigenvalue weighted by molar-refractivity contribution is 8.00. The van der Waals surface area contributed by atoms with Crippen LogP contribution in [-0.2, 0) is 4.79 Å². The molecule has 7 heteroatoms. The molecule has 0 saturated heterocycles. The van der Waals surface area contributed by atoms with Gasteiger partial charge in [0.2, 0.25) is 5.91 Å². The lowest BCUT2D eigenvalue weighted by Gasteiger charge is -2.08. The van der Waals surface area contributed by atoms with Gasteiger partial charge in [-0.2, -0.15) is 13.2 Å². The van der Waals surface area contributed by atoms with Crippen LogP contribution in [0.4, 0.5) is 18.9 Å². The number of hydrogen-bond acceptors (Lipinski definition) is 3. The second-order valence-corrected chi connectivity index (χ2v) is 4.24. The average molecular weight is 264 g/mol. The molecule has 1 rings (SSSR count). The molecule has 0 radical (unpaired) electrons. The Labute approximate surface area is 101 Å². The van der Waals surface area contributed by atoms with Crippen molar-refractivity contribution in [3.63, 3.8) is 0 Å². The van der Waals surface area contributed by atoms with Crippen LogP contribution in [0.1, 0.15) is 0 Å². The predicted molar refractivity (Wildman–Crippen MR) is 60.6 cm³/mol. The van der Waals surface area contributed by atoms with Gasteiger partial charge < -0.3 is 11.1 Å². The fraction of sp³-hybridized carbons (Fsp3) is 0.300. The minimum absolute atomic E-state index is 0.0930. The molecule has 1 aromatic carbocycles. The van der Waals surface area contributed by atoms with Gasteiger partial charge in [0, 0.05) is 10.6 Å². The van der Waals surface area contributed by atoms with E-state index >= 15 is 0 Å². The summed E-state index contributed by atoms with van der Waals surface area (Å²) in [7, 11) is 0. The van der Waals surface area contributed by atoms with E-state index < -0.39 is 18.6 Å². The van der Waals surface area contributed by atoms with E-state index in [1.807, 2.05) is 0 Å². The molecule has 0 aliphatic heterocycles. The fourth-order valence-corrected chi connectivity index (χ4v) is 1.80. The topological polar surface area (TPSA) is 55.1 Å². The van der Waals surface area contributed by atoms with Crippen LogP contribution < -0.4 is 11.1 Å². The summed E-state index contributed by atoms with van der Waals surface area (Å²) in [6.45, 7) is -1.31. The summed E-state index contributed by atoms with van der Waals surface area (Å²) in [6, 6.07) is 6.85. The predicted octanol–water partition coefficient (Wildman–Crippen LogP) is 2.04. The van der Waals surface area contributed by atoms with Gasteiger partial charge in [-0.1, -0.05) is 12.1 Å². The first-order chi connectivity index (χ1) is 7.88. The van der Waals surface area contributed by atoms with Crippen molar-refractivity contribution < 1.29 is 18.0 Å². The van der Waals surface area contributed by atoms with Gasteiger partial charge in [-0.05, 0) is 12.1 Å². The Balaban J connectivity index is 2.36. The van der Waals surface area contributed by atoms with E-state index in [-0.39, 0.29) is 5.75 Å². The molecule has 0 saturated carbocycles. The van der Waals surface area contributed by atoms with E-state index in [1.165, 1.54) is 0 Å². The smallest absolute Gasteiger partial charge is 0.398 e. The zero-order valence-electron chi connectivity index (χ0n) is 8.75. The van der Waals surface area contributed by atoms with Gasteiger partial charge in [0.1, 0.15) is 6.54 Å². The zero-order chi connectivity index (χ0) is 12.9. The molecule has 0 fully saturated rings. The van der Waals surface area contributed by atoms with E-state index in [2.05, 4.69) is 0 Å². The van der Waals surface area contributed by atoms with Crippen LogP contribution >= 0.6 is 11.8 Å². The molecule has 1 amide bonds. The summed E-state index contributed by atoms with van der Waals surface area (Å²) in [4.78, 5) is 11.8. The maximum Gasteiger partial charge on any atom is 0.405 e. The second-order valence-electron chi connectivity index (χ2n) is 3.22. The Morgan fingerprint density at radius 2 is 2.00 bits per heavy atom. The molecule has 0 unspecified atom stereocenters. The summed E-state index contributed by atoms with van der Waals surface area (Å²) >= 11 is 1.10. The highest BCUT2D eigenvalue weighted by atomic mass is 32.2. The van der Waals surface area contributed by atoms with Crippen molar-refractivity contribution in [1.82, 2.24) is 5.32 Å². The van der Waals surface area contributed by atoms with E-state index in [0.717, 1.165) is 11.8 Å². The van der Waals surface area contributed by atoms with Crippen molar-refractivity contribution in [2.75, 3.05) is 18.0 Å². The van der Waals surface area contributed by atoms with Gasteiger partial charge >= 0.3 is 6.18 Å². The van der Waals surface area contributed by atoms with Gasteiger partial charge in [-0.15, -0.1) is 11.8 Å². The number of nitrogens with two attached hydrogens (primary N) is 1. The Kier molecular flexibility index (Phi) is 4.68. The third kappa shape index (κ3) is 5.48. The number of benzene rings is 1. The van der Waals surface area contributed by atoms with Crippen molar-refractivity contribution in [2.24, 2.45) is 0 Å². The summed E-state index contributed by atoms with van der Waals surface area (Å²) in [5.74, 6) is -0.764. The van der Waals surface area contributed by atoms with Crippen LogP contribution in [0.25, 0.3) is 0 Å². The third-order valence-electron chi connectivity index (χ3n) is 1.76. The maximum atomic E-state index is 11.8. The molecule has 0 aliphatic rings. The minimum Gasteiger partial charge on any atom is -0.398 e. The quantitative estimate of drug-likeness (QED) is 0.646. The molecule has 94 valence electrons. The fourth-order valence-electron chi connectivity index (χ4n) is 1.01. The first-order valence-electron chi connectivity index (χ1n) is 4.69. The number of nitrogens with one attached hydrogen (secondary N) is 1. The van der Waals surface area contributed by atoms with Crippen LogP contribution in [0.3, 0.4) is 0 Å². The molecule has 0 aromatic heterocycles. The van der Waals surface area contributed by atoms with E-state index in [9.17, 15) is 18.0 Å². The molecular formula is C10H11F3N2OS. The molecule has 3 N–H and O–H groups in total. The zero-order valence-corrected chi connectivity index (χ0v) is 9.57. The standard InChI is InChI=1S/C10H11F3N2OS/c11-10(12,13)6-15-9(16)5-17-8-4-2-1-3-7(8)14/h1-4H,5-6,14H2,(H,15,16). The lowest BCUT2D eigenvalue weighted by Crippen LogP contribution is -2.34. The number of anilines is 1. The number of rotatable bonds is 4. The number of carbonyl (C=O) groups is 1. The molecule has 1 aromatic rings. The Morgan fingerprint density at radius 1 is 1.35 bits per heavy atom. The highest BCUT2D eigenvalue weighted by Crippen LogP contribution is 2.23. The highest BCUT2D eigenvalue weighted by Gasteiger charge is 2.27. The molecule has 17 heavy (non-hydrogen) atoms. The van der Waals surface area contributed by atoms with Crippen LogP contribution in [0.15, 0.2) is 29.2 Å². The first-order valence-corrected chi connectivity index (χ1v) is 5.68.